The van der Waals surface area contributed by atoms with Crippen LogP contribution in [-0.4, -0.2) is 83.9 Å². The Hall–Kier alpha value is -3.60. The standard InChI is InChI=1S/C34H39ClF3N5O2/c1-41(32(44)25-8-3-2-4-9-25)23-27(26-10-7-11-28(35)22-26)14-17-42-18-15-29(16-19-42)39-33-40-30-12-5-6-13-31(30)43(33)20-21-45-24-34(36,37)38/h2-13,22,27,29H,14-21,23-24H2,1H3,(H,39,40). The van der Waals surface area contributed by atoms with Crippen LogP contribution in [0.5, 0.6) is 0 Å². The van der Waals surface area contributed by atoms with Gasteiger partial charge in [-0.25, -0.2) is 4.98 Å². The quantitative estimate of drug-likeness (QED) is 0.158. The van der Waals surface area contributed by atoms with Gasteiger partial charge in [-0.3, -0.25) is 4.79 Å². The van der Waals surface area contributed by atoms with Gasteiger partial charge in [0.25, 0.3) is 5.91 Å². The zero-order valence-electron chi connectivity index (χ0n) is 25.3. The van der Waals surface area contributed by atoms with Gasteiger partial charge >= 0.3 is 6.18 Å². The van der Waals surface area contributed by atoms with Crippen molar-refractivity contribution in [2.45, 2.75) is 43.9 Å². The number of benzene rings is 3. The first kappa shape index (κ1) is 32.8. The summed E-state index contributed by atoms with van der Waals surface area (Å²) in [6.07, 6.45) is -1.67. The van der Waals surface area contributed by atoms with Crippen LogP contribution in [0, 0.1) is 0 Å². The number of rotatable bonds is 13. The molecule has 7 nitrogen and oxygen atoms in total. The van der Waals surface area contributed by atoms with Crippen molar-refractivity contribution >= 4 is 34.5 Å². The lowest BCUT2D eigenvalue weighted by atomic mass is 9.94. The van der Waals surface area contributed by atoms with Crippen LogP contribution in [0.25, 0.3) is 11.0 Å². The van der Waals surface area contributed by atoms with Gasteiger partial charge in [0.2, 0.25) is 5.95 Å². The number of piperidine rings is 1. The molecule has 0 bridgehead atoms. The molecule has 1 aromatic heterocycles. The van der Waals surface area contributed by atoms with Crippen LogP contribution in [0.4, 0.5) is 19.1 Å². The summed E-state index contributed by atoms with van der Waals surface area (Å²) >= 11 is 6.35. The predicted molar refractivity (Wildman–Crippen MR) is 172 cm³/mol. The first-order valence-corrected chi connectivity index (χ1v) is 15.7. The maximum atomic E-state index is 13.1. The predicted octanol–water partition coefficient (Wildman–Crippen LogP) is 7.09. The average molecular weight is 642 g/mol. The highest BCUT2D eigenvalue weighted by Crippen LogP contribution is 2.27. The maximum Gasteiger partial charge on any atom is 0.411 e. The molecule has 2 heterocycles. The van der Waals surface area contributed by atoms with E-state index in [1.54, 1.807) is 4.90 Å². The molecule has 45 heavy (non-hydrogen) atoms. The van der Waals surface area contributed by atoms with E-state index in [4.69, 9.17) is 21.3 Å². The van der Waals surface area contributed by atoms with Crippen molar-refractivity contribution in [1.29, 1.82) is 0 Å². The number of nitrogens with one attached hydrogen (secondary N) is 1. The van der Waals surface area contributed by atoms with Gasteiger partial charge in [-0.1, -0.05) is 54.1 Å². The largest absolute Gasteiger partial charge is 0.411 e. The van der Waals surface area contributed by atoms with Gasteiger partial charge in [-0.2, -0.15) is 13.2 Å². The molecule has 0 aliphatic carbocycles. The minimum Gasteiger partial charge on any atom is -0.370 e. The SMILES string of the molecule is CN(CC(CCN1CCC(Nc2nc3ccccc3n2CCOCC(F)(F)F)CC1)c1cccc(Cl)c1)C(=O)c1ccccc1. The zero-order chi connectivity index (χ0) is 31.8. The third kappa shape index (κ3) is 9.22. The third-order valence-electron chi connectivity index (χ3n) is 8.28. The Balaban J connectivity index is 1.17. The van der Waals surface area contributed by atoms with Gasteiger partial charge < -0.3 is 24.4 Å². The Bertz CT molecular complexity index is 1540. The summed E-state index contributed by atoms with van der Waals surface area (Å²) < 4.78 is 44.5. The number of hydrogen-bond donors (Lipinski definition) is 1. The van der Waals surface area contributed by atoms with E-state index in [1.807, 2.05) is 84.4 Å². The van der Waals surface area contributed by atoms with Gasteiger partial charge in [-0.05, 0) is 67.8 Å². The fourth-order valence-electron chi connectivity index (χ4n) is 5.92. The zero-order valence-corrected chi connectivity index (χ0v) is 26.1. The molecule has 1 unspecified atom stereocenters. The topological polar surface area (TPSA) is 62.6 Å². The minimum absolute atomic E-state index is 0.00699. The Labute approximate surface area is 266 Å². The summed E-state index contributed by atoms with van der Waals surface area (Å²) in [7, 11) is 1.85. The Kier molecular flexibility index (Phi) is 11.0. The second-order valence-electron chi connectivity index (χ2n) is 11.6. The number of likely N-dealkylation sites (tertiary alicyclic amines) is 1. The number of anilines is 1. The van der Waals surface area contributed by atoms with E-state index in [2.05, 4.69) is 16.3 Å². The first-order chi connectivity index (χ1) is 21.7. The number of para-hydroxylation sites is 2. The lowest BCUT2D eigenvalue weighted by molar-refractivity contribution is -0.174. The number of amides is 1. The summed E-state index contributed by atoms with van der Waals surface area (Å²) in [6.45, 7) is 2.19. The van der Waals surface area contributed by atoms with E-state index in [0.717, 1.165) is 55.5 Å². The number of ether oxygens (including phenoxy) is 1. The molecule has 1 saturated heterocycles. The van der Waals surface area contributed by atoms with E-state index in [1.165, 1.54) is 0 Å². The van der Waals surface area contributed by atoms with Crippen molar-refractivity contribution in [3.8, 4) is 0 Å². The van der Waals surface area contributed by atoms with Gasteiger partial charge in [0.1, 0.15) is 6.61 Å². The van der Waals surface area contributed by atoms with Crippen molar-refractivity contribution in [3.63, 3.8) is 0 Å². The molecule has 0 saturated carbocycles. The summed E-state index contributed by atoms with van der Waals surface area (Å²) in [5.41, 5.74) is 3.43. The number of likely N-dealkylation sites (N-methyl/N-ethyl adjacent to an activating group) is 1. The monoisotopic (exact) mass is 641 g/mol. The number of imidazole rings is 1. The van der Waals surface area contributed by atoms with Crippen LogP contribution in [-0.2, 0) is 11.3 Å². The number of nitrogens with zero attached hydrogens (tertiary/aromatic N) is 4. The van der Waals surface area contributed by atoms with Crippen molar-refractivity contribution in [1.82, 2.24) is 19.4 Å². The number of carbonyl (C=O) groups excluding carboxylic acids is 1. The lowest BCUT2D eigenvalue weighted by Gasteiger charge is -2.34. The highest BCUT2D eigenvalue weighted by atomic mass is 35.5. The number of fused-ring (bicyclic) bond motifs is 1. The second-order valence-corrected chi connectivity index (χ2v) is 12.0. The molecule has 1 N–H and O–H groups in total. The molecule has 1 aliphatic heterocycles. The van der Waals surface area contributed by atoms with Crippen molar-refractivity contribution in [2.24, 2.45) is 0 Å². The van der Waals surface area contributed by atoms with Crippen LogP contribution >= 0.6 is 11.6 Å². The molecule has 1 fully saturated rings. The molecule has 1 aliphatic rings. The molecule has 1 amide bonds. The molecule has 0 spiro atoms. The first-order valence-electron chi connectivity index (χ1n) is 15.3. The highest BCUT2D eigenvalue weighted by molar-refractivity contribution is 6.30. The molecule has 4 aromatic rings. The maximum absolute atomic E-state index is 13.1. The van der Waals surface area contributed by atoms with Crippen LogP contribution in [0.3, 0.4) is 0 Å². The van der Waals surface area contributed by atoms with Crippen LogP contribution in [0.15, 0.2) is 78.9 Å². The van der Waals surface area contributed by atoms with Crippen molar-refractivity contribution < 1.29 is 22.7 Å². The second kappa shape index (κ2) is 15.1. The summed E-state index contributed by atoms with van der Waals surface area (Å²) in [6, 6.07) is 25.0. The van der Waals surface area contributed by atoms with E-state index >= 15 is 0 Å². The Morgan fingerprint density at radius 1 is 1.04 bits per heavy atom. The van der Waals surface area contributed by atoms with Gasteiger partial charge in [0, 0.05) is 55.8 Å². The molecule has 11 heteroatoms. The average Bonchev–Trinajstić information content (AvgIpc) is 3.38. The van der Waals surface area contributed by atoms with E-state index < -0.39 is 12.8 Å². The van der Waals surface area contributed by atoms with Gasteiger partial charge in [-0.15, -0.1) is 0 Å². The number of alkyl halides is 3. The minimum atomic E-state index is -4.35. The molecule has 0 radical (unpaired) electrons. The number of carbonyl (C=O) groups is 1. The molecule has 240 valence electrons. The van der Waals surface area contributed by atoms with Crippen LogP contribution in [0.1, 0.15) is 41.1 Å². The van der Waals surface area contributed by atoms with E-state index in [-0.39, 0.29) is 31.0 Å². The van der Waals surface area contributed by atoms with Crippen molar-refractivity contribution in [3.05, 3.63) is 95.0 Å². The fourth-order valence-corrected chi connectivity index (χ4v) is 6.11. The molecular weight excluding hydrogens is 603 g/mol. The smallest absolute Gasteiger partial charge is 0.370 e. The Morgan fingerprint density at radius 3 is 2.51 bits per heavy atom. The molecule has 5 rings (SSSR count). The summed E-state index contributed by atoms with van der Waals surface area (Å²) in [4.78, 5) is 22.1. The molecular formula is C34H39ClF3N5O2. The summed E-state index contributed by atoms with van der Waals surface area (Å²) in [5, 5.41) is 4.24. The van der Waals surface area contributed by atoms with Crippen molar-refractivity contribution in [2.75, 3.05) is 51.8 Å². The van der Waals surface area contributed by atoms with Gasteiger partial charge in [0.05, 0.1) is 17.6 Å². The normalized spacial score (nSPS) is 15.3. The third-order valence-corrected chi connectivity index (χ3v) is 8.51. The van der Waals surface area contributed by atoms with E-state index in [9.17, 15) is 18.0 Å². The Morgan fingerprint density at radius 2 is 1.78 bits per heavy atom. The van der Waals surface area contributed by atoms with Crippen LogP contribution in [0.2, 0.25) is 5.02 Å². The number of hydrogen-bond acceptors (Lipinski definition) is 5. The van der Waals surface area contributed by atoms with Gasteiger partial charge in [0.15, 0.2) is 0 Å². The summed E-state index contributed by atoms with van der Waals surface area (Å²) in [5.74, 6) is 0.765. The molecule has 1 atom stereocenters. The number of halogens is 4. The lowest BCUT2D eigenvalue weighted by Crippen LogP contribution is -2.40. The fraction of sp³-hybridized carbons (Fsp3) is 0.412. The van der Waals surface area contributed by atoms with Crippen LogP contribution < -0.4 is 5.32 Å². The number of aromatic nitrogens is 2. The molecule has 3 aromatic carbocycles. The van der Waals surface area contributed by atoms with E-state index in [0.29, 0.717) is 23.1 Å². The highest BCUT2D eigenvalue weighted by Gasteiger charge is 2.28.